The van der Waals surface area contributed by atoms with E-state index in [0.717, 1.165) is 0 Å². The van der Waals surface area contributed by atoms with Gasteiger partial charge in [-0.3, -0.25) is 9.59 Å². The van der Waals surface area contributed by atoms with Crippen LogP contribution in [0.2, 0.25) is 0 Å². The molecule has 0 bridgehead atoms. The molecule has 0 saturated carbocycles. The lowest BCUT2D eigenvalue weighted by molar-refractivity contribution is -0.116. The summed E-state index contributed by atoms with van der Waals surface area (Å²) in [6, 6.07) is 1.41. The van der Waals surface area contributed by atoms with Crippen LogP contribution in [-0.4, -0.2) is 30.5 Å². The average molecular weight is 311 g/mol. The Morgan fingerprint density at radius 3 is 2.53 bits per heavy atom. The third-order valence-corrected chi connectivity index (χ3v) is 1.97. The molecule has 0 unspecified atom stereocenters. The number of carbonyl (C=O) groups is 2. The lowest BCUT2D eigenvalue weighted by Crippen LogP contribution is -2.18. The number of rotatable bonds is 5. The van der Waals surface area contributed by atoms with Gasteiger partial charge in [0, 0.05) is 13.0 Å². The second-order valence-electron chi connectivity index (χ2n) is 3.23. The van der Waals surface area contributed by atoms with Crippen LogP contribution in [-0.2, 0) is 4.79 Å². The van der Waals surface area contributed by atoms with E-state index in [1.54, 1.807) is 0 Å². The van der Waals surface area contributed by atoms with E-state index < -0.39 is 5.91 Å². The maximum absolute atomic E-state index is 11.3. The van der Waals surface area contributed by atoms with Crippen LogP contribution >= 0.6 is 24.8 Å². The molecular weight excluding hydrogens is 295 g/mol. The molecule has 5 N–H and O–H groups in total. The van der Waals surface area contributed by atoms with Crippen LogP contribution in [0.3, 0.4) is 0 Å². The highest BCUT2D eigenvalue weighted by atomic mass is 35.5. The van der Waals surface area contributed by atoms with Crippen molar-refractivity contribution in [1.29, 1.82) is 0 Å². The molecule has 0 saturated heterocycles. The van der Waals surface area contributed by atoms with Crippen molar-refractivity contribution in [1.82, 2.24) is 4.98 Å². The Hall–Kier alpha value is -1.57. The van der Waals surface area contributed by atoms with Gasteiger partial charge in [-0.25, -0.2) is 4.98 Å². The van der Waals surface area contributed by atoms with Gasteiger partial charge in [0.05, 0.1) is 19.0 Å². The van der Waals surface area contributed by atoms with Gasteiger partial charge >= 0.3 is 0 Å². The van der Waals surface area contributed by atoms with Crippen molar-refractivity contribution in [3.63, 3.8) is 0 Å². The number of ether oxygens (including phenoxy) is 1. The quantitative estimate of drug-likeness (QED) is 0.723. The van der Waals surface area contributed by atoms with E-state index in [-0.39, 0.29) is 55.1 Å². The van der Waals surface area contributed by atoms with E-state index in [0.29, 0.717) is 5.69 Å². The molecular formula is C10H16Cl2N4O3. The van der Waals surface area contributed by atoms with E-state index in [2.05, 4.69) is 10.3 Å². The van der Waals surface area contributed by atoms with Crippen molar-refractivity contribution >= 4 is 42.3 Å². The van der Waals surface area contributed by atoms with Crippen molar-refractivity contribution in [2.45, 2.75) is 6.42 Å². The summed E-state index contributed by atoms with van der Waals surface area (Å²) in [5.41, 5.74) is 10.9. The molecule has 19 heavy (non-hydrogen) atoms. The van der Waals surface area contributed by atoms with Crippen LogP contribution < -0.4 is 21.5 Å². The summed E-state index contributed by atoms with van der Waals surface area (Å²) in [6.45, 7) is 0.248. The van der Waals surface area contributed by atoms with Gasteiger partial charge in [0.2, 0.25) is 11.8 Å². The zero-order valence-electron chi connectivity index (χ0n) is 10.2. The summed E-state index contributed by atoms with van der Waals surface area (Å²) in [4.78, 5) is 26.3. The molecule has 108 valence electrons. The number of nitrogens with two attached hydrogens (primary N) is 2. The van der Waals surface area contributed by atoms with Crippen LogP contribution in [0.15, 0.2) is 12.3 Å². The van der Waals surface area contributed by atoms with Crippen molar-refractivity contribution in [2.24, 2.45) is 11.5 Å². The van der Waals surface area contributed by atoms with E-state index in [1.807, 2.05) is 0 Å². The Morgan fingerprint density at radius 1 is 1.42 bits per heavy atom. The normalized spacial score (nSPS) is 8.74. The number of nitrogens with zero attached hydrogens (tertiary/aromatic N) is 1. The molecule has 0 spiro atoms. The average Bonchev–Trinajstić information content (AvgIpc) is 2.29. The smallest absolute Gasteiger partial charge is 0.254 e. The Kier molecular flexibility index (Phi) is 9.75. The van der Waals surface area contributed by atoms with Crippen LogP contribution in [0.1, 0.15) is 16.8 Å². The Bertz CT molecular complexity index is 443. The summed E-state index contributed by atoms with van der Waals surface area (Å²) >= 11 is 0. The summed E-state index contributed by atoms with van der Waals surface area (Å²) in [5.74, 6) is -0.812. The highest BCUT2D eigenvalue weighted by Gasteiger charge is 2.12. The van der Waals surface area contributed by atoms with E-state index >= 15 is 0 Å². The van der Waals surface area contributed by atoms with E-state index in [1.165, 1.54) is 19.4 Å². The molecule has 9 heteroatoms. The molecule has 0 aromatic carbocycles. The molecule has 7 nitrogen and oxygen atoms in total. The number of halogens is 2. The van der Waals surface area contributed by atoms with Gasteiger partial charge in [-0.1, -0.05) is 0 Å². The fourth-order valence-corrected chi connectivity index (χ4v) is 1.21. The number of amides is 2. The second kappa shape index (κ2) is 9.37. The Morgan fingerprint density at radius 2 is 2.05 bits per heavy atom. The van der Waals surface area contributed by atoms with Gasteiger partial charge in [0.25, 0.3) is 5.91 Å². The zero-order valence-corrected chi connectivity index (χ0v) is 11.8. The van der Waals surface area contributed by atoms with Crippen molar-refractivity contribution in [3.05, 3.63) is 17.8 Å². The van der Waals surface area contributed by atoms with Crippen molar-refractivity contribution in [2.75, 3.05) is 19.0 Å². The topological polar surface area (TPSA) is 120 Å². The predicted octanol–water partition coefficient (Wildman–Crippen LogP) is 0.320. The second-order valence-corrected chi connectivity index (χ2v) is 3.23. The van der Waals surface area contributed by atoms with Gasteiger partial charge in [0.1, 0.15) is 5.56 Å². The molecule has 1 aromatic heterocycles. The van der Waals surface area contributed by atoms with Crippen molar-refractivity contribution in [3.8, 4) is 5.88 Å². The first-order chi connectivity index (χ1) is 8.08. The van der Waals surface area contributed by atoms with Gasteiger partial charge in [0.15, 0.2) is 0 Å². The molecule has 1 heterocycles. The zero-order chi connectivity index (χ0) is 12.8. The largest absolute Gasteiger partial charge is 0.480 e. The molecule has 0 fully saturated rings. The van der Waals surface area contributed by atoms with E-state index in [4.69, 9.17) is 16.2 Å². The molecule has 2 amide bonds. The number of hydrogen-bond acceptors (Lipinski definition) is 5. The monoisotopic (exact) mass is 310 g/mol. The highest BCUT2D eigenvalue weighted by molar-refractivity contribution is 5.97. The lowest BCUT2D eigenvalue weighted by atomic mass is 10.2. The van der Waals surface area contributed by atoms with Crippen LogP contribution in [0.4, 0.5) is 5.69 Å². The number of anilines is 1. The van der Waals surface area contributed by atoms with Gasteiger partial charge in [-0.05, 0) is 6.07 Å². The number of pyridine rings is 1. The molecule has 0 aliphatic rings. The number of hydrogen-bond donors (Lipinski definition) is 3. The number of methoxy groups -OCH3 is 1. The minimum atomic E-state index is -0.677. The number of primary amides is 1. The van der Waals surface area contributed by atoms with Gasteiger partial charge in [-0.2, -0.15) is 0 Å². The molecule has 0 radical (unpaired) electrons. The molecule has 0 aliphatic heterocycles. The van der Waals surface area contributed by atoms with Crippen LogP contribution in [0.5, 0.6) is 5.88 Å². The number of carbonyl (C=O) groups excluding carboxylic acids is 2. The van der Waals surface area contributed by atoms with E-state index in [9.17, 15) is 9.59 Å². The molecule has 1 aromatic rings. The molecule has 0 aliphatic carbocycles. The van der Waals surface area contributed by atoms with Gasteiger partial charge in [-0.15, -0.1) is 24.8 Å². The SMILES string of the molecule is COc1ncc(NC(=O)CCN)cc1C(N)=O.Cl.Cl. The maximum atomic E-state index is 11.3. The molecule has 0 atom stereocenters. The van der Waals surface area contributed by atoms with Crippen LogP contribution in [0, 0.1) is 0 Å². The summed E-state index contributed by atoms with van der Waals surface area (Å²) in [5, 5.41) is 2.54. The highest BCUT2D eigenvalue weighted by Crippen LogP contribution is 2.18. The summed E-state index contributed by atoms with van der Waals surface area (Å²) in [7, 11) is 1.38. The minimum absolute atomic E-state index is 0. The Labute approximate surface area is 122 Å². The standard InChI is InChI=1S/C10H14N4O3.2ClH/c1-17-10-7(9(12)16)4-6(5-13-10)14-8(15)2-3-11;;/h4-5H,2-3,11H2,1H3,(H2,12,16)(H,14,15);2*1H. The first-order valence-corrected chi connectivity index (χ1v) is 4.92. The first kappa shape index (κ1) is 19.8. The fourth-order valence-electron chi connectivity index (χ4n) is 1.21. The number of nitrogens with one attached hydrogen (secondary N) is 1. The fraction of sp³-hybridized carbons (Fsp3) is 0.300. The van der Waals surface area contributed by atoms with Crippen molar-refractivity contribution < 1.29 is 14.3 Å². The summed E-state index contributed by atoms with van der Waals surface area (Å²) in [6.07, 6.45) is 1.57. The minimum Gasteiger partial charge on any atom is -0.480 e. The predicted molar refractivity (Wildman–Crippen MR) is 76.1 cm³/mol. The van der Waals surface area contributed by atoms with Crippen LogP contribution in [0.25, 0.3) is 0 Å². The first-order valence-electron chi connectivity index (χ1n) is 4.92. The third-order valence-electron chi connectivity index (χ3n) is 1.97. The number of aromatic nitrogens is 1. The lowest BCUT2D eigenvalue weighted by Gasteiger charge is -2.08. The Balaban J connectivity index is 0. The maximum Gasteiger partial charge on any atom is 0.254 e. The molecule has 1 rings (SSSR count). The third kappa shape index (κ3) is 5.73. The van der Waals surface area contributed by atoms with Gasteiger partial charge < -0.3 is 21.5 Å². The summed E-state index contributed by atoms with van der Waals surface area (Å²) < 4.78 is 4.87.